The molecule has 0 spiro atoms. The highest BCUT2D eigenvalue weighted by atomic mass is 35.5. The van der Waals surface area contributed by atoms with Crippen molar-refractivity contribution in [1.29, 1.82) is 0 Å². The maximum atomic E-state index is 14.5. The van der Waals surface area contributed by atoms with E-state index in [4.69, 9.17) is 16.3 Å². The van der Waals surface area contributed by atoms with Gasteiger partial charge < -0.3 is 15.0 Å². The van der Waals surface area contributed by atoms with Crippen molar-refractivity contribution in [3.05, 3.63) is 53.1 Å². The lowest BCUT2D eigenvalue weighted by Gasteiger charge is -2.37. The maximum Gasteiger partial charge on any atom is 0.258 e. The van der Waals surface area contributed by atoms with E-state index < -0.39 is 11.7 Å². The number of benzene rings is 1. The number of hydrogen-bond acceptors (Lipinski definition) is 4. The second kappa shape index (κ2) is 7.37. The van der Waals surface area contributed by atoms with Crippen molar-refractivity contribution in [2.24, 2.45) is 0 Å². The zero-order chi connectivity index (χ0) is 18.0. The van der Waals surface area contributed by atoms with E-state index in [1.165, 1.54) is 12.3 Å². The first-order valence-electron chi connectivity index (χ1n) is 8.06. The standard InChI is InChI=1S/C18H19ClFN3O2/c1-11-9-23(10-12(2)25-11)16-6-5-13(8-15(16)20)22-18(24)14-4-3-7-21-17(14)19/h3-8,11-12H,9-10H2,1-2H3,(H,22,24)/t11-,12+. The van der Waals surface area contributed by atoms with Gasteiger partial charge in [0, 0.05) is 25.0 Å². The zero-order valence-electron chi connectivity index (χ0n) is 14.0. The predicted octanol–water partition coefficient (Wildman–Crippen LogP) is 3.74. The molecule has 0 saturated carbocycles. The molecule has 1 aromatic carbocycles. The van der Waals surface area contributed by atoms with Crippen molar-refractivity contribution in [3.8, 4) is 0 Å². The molecule has 0 aliphatic carbocycles. The molecule has 1 aliphatic rings. The summed E-state index contributed by atoms with van der Waals surface area (Å²) in [5.41, 5.74) is 1.10. The number of amides is 1. The van der Waals surface area contributed by atoms with Crippen LogP contribution in [-0.4, -0.2) is 36.2 Å². The van der Waals surface area contributed by atoms with Crippen LogP contribution >= 0.6 is 11.6 Å². The van der Waals surface area contributed by atoms with Gasteiger partial charge in [0.2, 0.25) is 0 Å². The Morgan fingerprint density at radius 3 is 2.68 bits per heavy atom. The van der Waals surface area contributed by atoms with Gasteiger partial charge in [0.05, 0.1) is 23.5 Å². The highest BCUT2D eigenvalue weighted by Crippen LogP contribution is 2.26. The van der Waals surface area contributed by atoms with E-state index in [2.05, 4.69) is 10.3 Å². The molecule has 7 heteroatoms. The van der Waals surface area contributed by atoms with E-state index in [9.17, 15) is 9.18 Å². The third-order valence-corrected chi connectivity index (χ3v) is 4.27. The number of halogens is 2. The summed E-state index contributed by atoms with van der Waals surface area (Å²) in [6.07, 6.45) is 1.57. The van der Waals surface area contributed by atoms with Gasteiger partial charge in [-0.25, -0.2) is 9.37 Å². The number of aromatic nitrogens is 1. The van der Waals surface area contributed by atoms with Gasteiger partial charge in [0.25, 0.3) is 5.91 Å². The van der Waals surface area contributed by atoms with Crippen LogP contribution in [0.1, 0.15) is 24.2 Å². The fourth-order valence-electron chi connectivity index (χ4n) is 2.97. The number of carbonyl (C=O) groups is 1. The van der Waals surface area contributed by atoms with E-state index in [-0.39, 0.29) is 22.9 Å². The number of pyridine rings is 1. The monoisotopic (exact) mass is 363 g/mol. The number of hydrogen-bond donors (Lipinski definition) is 1. The molecule has 25 heavy (non-hydrogen) atoms. The minimum atomic E-state index is -0.432. The van der Waals surface area contributed by atoms with Gasteiger partial charge in [-0.2, -0.15) is 0 Å². The van der Waals surface area contributed by atoms with Gasteiger partial charge in [-0.15, -0.1) is 0 Å². The van der Waals surface area contributed by atoms with Gasteiger partial charge in [0.15, 0.2) is 0 Å². The van der Waals surface area contributed by atoms with Gasteiger partial charge in [-0.3, -0.25) is 4.79 Å². The van der Waals surface area contributed by atoms with E-state index in [1.54, 1.807) is 24.3 Å². The van der Waals surface area contributed by atoms with Crippen LogP contribution in [0.4, 0.5) is 15.8 Å². The Bertz CT molecular complexity index is 777. The highest BCUT2D eigenvalue weighted by Gasteiger charge is 2.24. The number of morpholine rings is 1. The summed E-state index contributed by atoms with van der Waals surface area (Å²) in [5.74, 6) is -0.824. The lowest BCUT2D eigenvalue weighted by Crippen LogP contribution is -2.45. The zero-order valence-corrected chi connectivity index (χ0v) is 14.8. The largest absolute Gasteiger partial charge is 0.372 e. The van der Waals surface area contributed by atoms with E-state index in [0.717, 1.165) is 0 Å². The lowest BCUT2D eigenvalue weighted by atomic mass is 10.1. The van der Waals surface area contributed by atoms with Crippen LogP contribution in [0.2, 0.25) is 5.15 Å². The Hall–Kier alpha value is -2.18. The third-order valence-electron chi connectivity index (χ3n) is 3.97. The van der Waals surface area contributed by atoms with Crippen LogP contribution < -0.4 is 10.2 Å². The van der Waals surface area contributed by atoms with Crippen molar-refractivity contribution in [2.45, 2.75) is 26.1 Å². The Morgan fingerprint density at radius 1 is 1.32 bits per heavy atom. The van der Waals surface area contributed by atoms with Crippen molar-refractivity contribution >= 4 is 28.9 Å². The Kier molecular flexibility index (Phi) is 5.20. The molecule has 2 atom stereocenters. The van der Waals surface area contributed by atoms with Crippen molar-refractivity contribution in [3.63, 3.8) is 0 Å². The molecule has 5 nitrogen and oxygen atoms in total. The van der Waals surface area contributed by atoms with Crippen LogP contribution in [0.25, 0.3) is 0 Å². The van der Waals surface area contributed by atoms with E-state index >= 15 is 0 Å². The molecule has 0 bridgehead atoms. The Balaban J connectivity index is 1.76. The van der Waals surface area contributed by atoms with Gasteiger partial charge in [-0.1, -0.05) is 11.6 Å². The second-order valence-electron chi connectivity index (χ2n) is 6.12. The summed E-state index contributed by atoms with van der Waals surface area (Å²) in [5, 5.41) is 2.75. The first kappa shape index (κ1) is 17.6. The fourth-order valence-corrected chi connectivity index (χ4v) is 3.17. The number of rotatable bonds is 3. The number of nitrogens with one attached hydrogen (secondary N) is 1. The topological polar surface area (TPSA) is 54.5 Å². The molecular formula is C18H19ClFN3O2. The molecule has 1 aliphatic heterocycles. The van der Waals surface area contributed by atoms with Gasteiger partial charge in [-0.05, 0) is 44.2 Å². The van der Waals surface area contributed by atoms with Crippen LogP contribution in [0.3, 0.4) is 0 Å². The molecule has 0 radical (unpaired) electrons. The fraction of sp³-hybridized carbons (Fsp3) is 0.333. The molecule has 1 N–H and O–H groups in total. The van der Waals surface area contributed by atoms with E-state index in [1.807, 2.05) is 18.7 Å². The SMILES string of the molecule is C[C@@H]1CN(c2ccc(NC(=O)c3cccnc3Cl)cc2F)C[C@H](C)O1. The molecule has 0 unspecified atom stereocenters. The number of carbonyl (C=O) groups excluding carboxylic acids is 1. The molecule has 1 saturated heterocycles. The molecule has 1 amide bonds. The highest BCUT2D eigenvalue weighted by molar-refractivity contribution is 6.33. The van der Waals surface area contributed by atoms with Gasteiger partial charge >= 0.3 is 0 Å². The molecule has 1 aromatic heterocycles. The summed E-state index contributed by atoms with van der Waals surface area (Å²) in [4.78, 5) is 18.1. The number of nitrogens with zero attached hydrogens (tertiary/aromatic N) is 2. The lowest BCUT2D eigenvalue weighted by molar-refractivity contribution is -0.00539. The van der Waals surface area contributed by atoms with Crippen molar-refractivity contribution in [1.82, 2.24) is 4.98 Å². The minimum absolute atomic E-state index is 0.0373. The Labute approximate surface area is 150 Å². The average Bonchev–Trinajstić information content (AvgIpc) is 2.54. The van der Waals surface area contributed by atoms with E-state index in [0.29, 0.717) is 24.5 Å². The molecule has 132 valence electrons. The minimum Gasteiger partial charge on any atom is -0.372 e. The third kappa shape index (κ3) is 4.08. The Morgan fingerprint density at radius 2 is 2.04 bits per heavy atom. The molecule has 3 rings (SSSR count). The molecular weight excluding hydrogens is 345 g/mol. The first-order valence-corrected chi connectivity index (χ1v) is 8.43. The van der Waals surface area contributed by atoms with Crippen molar-refractivity contribution in [2.75, 3.05) is 23.3 Å². The summed E-state index contributed by atoms with van der Waals surface area (Å²) in [6, 6.07) is 7.82. The predicted molar refractivity (Wildman–Crippen MR) is 95.8 cm³/mol. The number of ether oxygens (including phenoxy) is 1. The summed E-state index contributed by atoms with van der Waals surface area (Å²) < 4.78 is 20.2. The number of anilines is 2. The second-order valence-corrected chi connectivity index (χ2v) is 6.48. The quantitative estimate of drug-likeness (QED) is 0.844. The average molecular weight is 364 g/mol. The van der Waals surface area contributed by atoms with Crippen LogP contribution in [0.15, 0.2) is 36.5 Å². The summed E-state index contributed by atoms with van der Waals surface area (Å²) in [6.45, 7) is 5.18. The summed E-state index contributed by atoms with van der Waals surface area (Å²) in [7, 11) is 0. The van der Waals surface area contributed by atoms with Crippen LogP contribution in [0, 0.1) is 5.82 Å². The van der Waals surface area contributed by atoms with Crippen LogP contribution in [-0.2, 0) is 4.74 Å². The maximum absolute atomic E-state index is 14.5. The first-order chi connectivity index (χ1) is 11.9. The van der Waals surface area contributed by atoms with Gasteiger partial charge in [0.1, 0.15) is 11.0 Å². The summed E-state index contributed by atoms with van der Waals surface area (Å²) >= 11 is 5.91. The van der Waals surface area contributed by atoms with Crippen molar-refractivity contribution < 1.29 is 13.9 Å². The molecule has 2 heterocycles. The molecule has 1 fully saturated rings. The van der Waals surface area contributed by atoms with Crippen LogP contribution in [0.5, 0.6) is 0 Å². The smallest absolute Gasteiger partial charge is 0.258 e. The normalized spacial score (nSPS) is 20.4. The molecule has 2 aromatic rings.